The van der Waals surface area contributed by atoms with E-state index in [1.807, 2.05) is 43.3 Å². The van der Waals surface area contributed by atoms with Crippen LogP contribution >= 0.6 is 0 Å². The molecule has 164 valence electrons. The summed E-state index contributed by atoms with van der Waals surface area (Å²) in [6.45, 7) is 0.594. The fraction of sp³-hybridized carbons (Fsp3) is 0.333. The molecule has 1 aliphatic carbocycles. The number of hydrogen-bond donors (Lipinski definition) is 1. The summed E-state index contributed by atoms with van der Waals surface area (Å²) in [5, 5.41) is 4.25. The molecule has 0 radical (unpaired) electrons. The number of rotatable bonds is 4. The van der Waals surface area contributed by atoms with E-state index in [0.717, 1.165) is 47.2 Å². The van der Waals surface area contributed by atoms with Crippen LogP contribution in [0.4, 0.5) is 5.69 Å². The molecule has 0 saturated carbocycles. The first kappa shape index (κ1) is 20.6. The van der Waals surface area contributed by atoms with Crippen molar-refractivity contribution in [2.45, 2.75) is 38.1 Å². The third-order valence-corrected chi connectivity index (χ3v) is 6.46. The van der Waals surface area contributed by atoms with Gasteiger partial charge in [-0.05, 0) is 37.3 Å². The molecular formula is C27H29N3O2. The van der Waals surface area contributed by atoms with E-state index in [9.17, 15) is 4.79 Å². The minimum Gasteiger partial charge on any atom is -0.493 e. The van der Waals surface area contributed by atoms with Gasteiger partial charge in [-0.1, -0.05) is 42.5 Å². The number of nitrogens with zero attached hydrogens (tertiary/aromatic N) is 2. The zero-order valence-electron chi connectivity index (χ0n) is 18.7. The number of amides is 1. The Morgan fingerprint density at radius 1 is 1.12 bits per heavy atom. The lowest BCUT2D eigenvalue weighted by atomic mass is 9.91. The first-order chi connectivity index (χ1) is 15.6. The van der Waals surface area contributed by atoms with Crippen molar-refractivity contribution in [1.82, 2.24) is 10.3 Å². The van der Waals surface area contributed by atoms with Crippen LogP contribution in [0.25, 0.3) is 16.5 Å². The lowest BCUT2D eigenvalue weighted by Gasteiger charge is -2.27. The van der Waals surface area contributed by atoms with Crippen molar-refractivity contribution in [2.75, 3.05) is 25.6 Å². The normalized spacial score (nSPS) is 17.8. The number of carbonyl (C=O) groups excluding carboxylic acids is 1. The van der Waals surface area contributed by atoms with Gasteiger partial charge in [0.25, 0.3) is 5.91 Å². The van der Waals surface area contributed by atoms with Gasteiger partial charge >= 0.3 is 0 Å². The third kappa shape index (κ3) is 3.72. The van der Waals surface area contributed by atoms with Crippen LogP contribution in [0, 0.1) is 0 Å². The van der Waals surface area contributed by atoms with Crippen LogP contribution in [0.15, 0.2) is 54.7 Å². The molecule has 1 aliphatic heterocycles. The summed E-state index contributed by atoms with van der Waals surface area (Å²) < 4.78 is 5.75. The molecule has 5 heteroatoms. The highest BCUT2D eigenvalue weighted by Crippen LogP contribution is 2.36. The van der Waals surface area contributed by atoms with Crippen LogP contribution in [0.1, 0.15) is 59.6 Å². The van der Waals surface area contributed by atoms with Gasteiger partial charge in [0.1, 0.15) is 5.75 Å². The second kappa shape index (κ2) is 8.65. The minimum absolute atomic E-state index is 0.0723. The summed E-state index contributed by atoms with van der Waals surface area (Å²) in [4.78, 5) is 20.3. The predicted octanol–water partition coefficient (Wildman–Crippen LogP) is 5.51. The Kier molecular flexibility index (Phi) is 5.56. The number of carbonyl (C=O) groups is 1. The first-order valence-corrected chi connectivity index (χ1v) is 11.4. The summed E-state index contributed by atoms with van der Waals surface area (Å²) in [6.07, 6.45) is 9.52. The number of pyridine rings is 1. The number of para-hydroxylation sites is 2. The Bertz CT molecular complexity index is 1200. The molecule has 2 heterocycles. The molecule has 2 aromatic carbocycles. The number of benzene rings is 2. The maximum Gasteiger partial charge on any atom is 0.255 e. The van der Waals surface area contributed by atoms with Gasteiger partial charge in [-0.3, -0.25) is 9.78 Å². The molecule has 0 bridgehead atoms. The molecule has 0 spiro atoms. The molecule has 0 fully saturated rings. The van der Waals surface area contributed by atoms with Gasteiger partial charge < -0.3 is 15.0 Å². The average molecular weight is 428 g/mol. The van der Waals surface area contributed by atoms with E-state index in [-0.39, 0.29) is 11.9 Å². The number of hydrogen-bond acceptors (Lipinski definition) is 4. The summed E-state index contributed by atoms with van der Waals surface area (Å²) in [5.74, 6) is 0.742. The van der Waals surface area contributed by atoms with E-state index >= 15 is 0 Å². The summed E-state index contributed by atoms with van der Waals surface area (Å²) in [5.41, 5.74) is 6.06. The predicted molar refractivity (Wildman–Crippen MR) is 129 cm³/mol. The van der Waals surface area contributed by atoms with Crippen molar-refractivity contribution in [3.05, 3.63) is 71.4 Å². The fourth-order valence-electron chi connectivity index (χ4n) is 4.93. The van der Waals surface area contributed by atoms with Crippen LogP contribution in [-0.4, -0.2) is 31.6 Å². The Morgan fingerprint density at radius 2 is 2.00 bits per heavy atom. The Hall–Kier alpha value is -3.34. The van der Waals surface area contributed by atoms with Gasteiger partial charge in [-0.25, -0.2) is 0 Å². The molecule has 5 rings (SSSR count). The van der Waals surface area contributed by atoms with E-state index in [4.69, 9.17) is 9.72 Å². The summed E-state index contributed by atoms with van der Waals surface area (Å²) in [6, 6.07) is 14.2. The van der Waals surface area contributed by atoms with Crippen LogP contribution < -0.4 is 15.0 Å². The lowest BCUT2D eigenvalue weighted by molar-refractivity contribution is 0.0925. The van der Waals surface area contributed by atoms with Gasteiger partial charge in [0, 0.05) is 43.2 Å². The highest BCUT2D eigenvalue weighted by atomic mass is 16.5. The highest BCUT2D eigenvalue weighted by Gasteiger charge is 2.26. The van der Waals surface area contributed by atoms with Crippen LogP contribution in [-0.2, 0) is 0 Å². The van der Waals surface area contributed by atoms with Crippen molar-refractivity contribution in [2.24, 2.45) is 0 Å². The monoisotopic (exact) mass is 427 g/mol. The van der Waals surface area contributed by atoms with Crippen LogP contribution in [0.5, 0.6) is 5.75 Å². The minimum atomic E-state index is -0.105. The van der Waals surface area contributed by atoms with Gasteiger partial charge in [-0.15, -0.1) is 0 Å². The van der Waals surface area contributed by atoms with Gasteiger partial charge in [-0.2, -0.15) is 0 Å². The van der Waals surface area contributed by atoms with Gasteiger partial charge in [0.05, 0.1) is 29.4 Å². The van der Waals surface area contributed by atoms with E-state index in [1.165, 1.54) is 24.0 Å². The molecule has 5 nitrogen and oxygen atoms in total. The van der Waals surface area contributed by atoms with E-state index < -0.39 is 0 Å². The van der Waals surface area contributed by atoms with E-state index in [0.29, 0.717) is 12.2 Å². The topological polar surface area (TPSA) is 54.5 Å². The number of fused-ring (bicyclic) bond motifs is 2. The maximum absolute atomic E-state index is 13.4. The standard InChI is InChI=1S/C27H29N3O2/c1-30(2)26-21-13-8-12-19(18-9-4-3-5-10-18)25(21)28-17-22(26)27(31)29-23-15-16-32-24-14-7-6-11-20(23)24/h6-9,11-14,17,23H,3-5,10,15-16H2,1-2H3,(H,29,31)/t23-/m0/s1. The SMILES string of the molecule is CN(C)c1c(C(=O)N[C@H]2CCOc3ccccc32)cnc2c(C3=CCCCC3)cccc12. The van der Waals surface area contributed by atoms with E-state index in [2.05, 4.69) is 29.6 Å². The Morgan fingerprint density at radius 3 is 2.81 bits per heavy atom. The van der Waals surface area contributed by atoms with Crippen molar-refractivity contribution in [3.63, 3.8) is 0 Å². The number of nitrogens with one attached hydrogen (secondary N) is 1. The third-order valence-electron chi connectivity index (χ3n) is 6.46. The van der Waals surface area contributed by atoms with Crippen molar-refractivity contribution >= 4 is 28.1 Å². The Balaban J connectivity index is 1.54. The Labute approximate surface area is 189 Å². The van der Waals surface area contributed by atoms with Crippen molar-refractivity contribution < 1.29 is 9.53 Å². The molecule has 1 amide bonds. The van der Waals surface area contributed by atoms with Crippen molar-refractivity contribution in [1.29, 1.82) is 0 Å². The summed E-state index contributed by atoms with van der Waals surface area (Å²) >= 11 is 0. The average Bonchev–Trinajstić information content (AvgIpc) is 2.83. The zero-order valence-corrected chi connectivity index (χ0v) is 18.7. The second-order valence-electron chi connectivity index (χ2n) is 8.79. The number of aromatic nitrogens is 1. The molecule has 1 N–H and O–H groups in total. The molecular weight excluding hydrogens is 398 g/mol. The first-order valence-electron chi connectivity index (χ1n) is 11.4. The quantitative estimate of drug-likeness (QED) is 0.596. The smallest absolute Gasteiger partial charge is 0.255 e. The molecule has 3 aromatic rings. The highest BCUT2D eigenvalue weighted by molar-refractivity contribution is 6.09. The van der Waals surface area contributed by atoms with Gasteiger partial charge in [0.15, 0.2) is 0 Å². The second-order valence-corrected chi connectivity index (χ2v) is 8.79. The van der Waals surface area contributed by atoms with Crippen LogP contribution in [0.3, 0.4) is 0 Å². The fourth-order valence-corrected chi connectivity index (χ4v) is 4.93. The van der Waals surface area contributed by atoms with Crippen LogP contribution in [0.2, 0.25) is 0 Å². The number of ether oxygens (including phenoxy) is 1. The molecule has 0 unspecified atom stereocenters. The zero-order chi connectivity index (χ0) is 22.1. The largest absolute Gasteiger partial charge is 0.493 e. The molecule has 0 saturated heterocycles. The van der Waals surface area contributed by atoms with Gasteiger partial charge in [0.2, 0.25) is 0 Å². The summed E-state index contributed by atoms with van der Waals surface area (Å²) in [7, 11) is 3.98. The molecule has 1 aromatic heterocycles. The van der Waals surface area contributed by atoms with E-state index in [1.54, 1.807) is 6.20 Å². The lowest BCUT2D eigenvalue weighted by Crippen LogP contribution is -2.33. The molecule has 32 heavy (non-hydrogen) atoms. The van der Waals surface area contributed by atoms with Crippen molar-refractivity contribution in [3.8, 4) is 5.75 Å². The molecule has 2 aliphatic rings. The number of anilines is 1. The molecule has 1 atom stereocenters. The number of allylic oxidation sites excluding steroid dienone is 2. The maximum atomic E-state index is 13.4.